The zero-order valence-electron chi connectivity index (χ0n) is 10.8. The van der Waals surface area contributed by atoms with Gasteiger partial charge in [-0.2, -0.15) is 13.2 Å². The van der Waals surface area contributed by atoms with Crippen LogP contribution >= 0.6 is 11.6 Å². The Balaban J connectivity index is 2.30. The summed E-state index contributed by atoms with van der Waals surface area (Å²) in [5, 5.41) is 3.59. The molecule has 0 saturated carbocycles. The largest absolute Gasteiger partial charge is 0.416 e. The van der Waals surface area contributed by atoms with Crippen molar-refractivity contribution in [1.29, 1.82) is 0 Å². The lowest BCUT2D eigenvalue weighted by atomic mass is 10.0. The first-order chi connectivity index (χ1) is 9.41. The number of hydrogen-bond donors (Lipinski definition) is 1. The average Bonchev–Trinajstić information content (AvgIpc) is 2.40. The van der Waals surface area contributed by atoms with Crippen LogP contribution in [0.3, 0.4) is 0 Å². The Bertz CT molecular complexity index is 591. The van der Waals surface area contributed by atoms with Gasteiger partial charge in [0, 0.05) is 11.6 Å². The summed E-state index contributed by atoms with van der Waals surface area (Å²) >= 11 is 6.14. The Labute approximate surface area is 120 Å². The highest BCUT2D eigenvalue weighted by molar-refractivity contribution is 6.31. The highest BCUT2D eigenvalue weighted by Crippen LogP contribution is 2.32. The monoisotopic (exact) mass is 299 g/mol. The van der Waals surface area contributed by atoms with Gasteiger partial charge in [-0.3, -0.25) is 0 Å². The minimum absolute atomic E-state index is 0.594. The molecule has 0 spiro atoms. The molecule has 0 saturated heterocycles. The molecule has 5 heteroatoms. The smallest absolute Gasteiger partial charge is 0.316 e. The zero-order chi connectivity index (χ0) is 14.8. The van der Waals surface area contributed by atoms with Crippen molar-refractivity contribution in [3.63, 3.8) is 0 Å². The van der Waals surface area contributed by atoms with Crippen LogP contribution in [-0.2, 0) is 12.7 Å². The lowest BCUT2D eigenvalue weighted by molar-refractivity contribution is -0.137. The minimum Gasteiger partial charge on any atom is -0.316 e. The van der Waals surface area contributed by atoms with Crippen LogP contribution in [0.1, 0.15) is 11.1 Å². The van der Waals surface area contributed by atoms with Crippen molar-refractivity contribution < 1.29 is 13.2 Å². The van der Waals surface area contributed by atoms with Crippen LogP contribution in [0.15, 0.2) is 42.5 Å². The predicted molar refractivity (Wildman–Crippen MR) is 74.7 cm³/mol. The summed E-state index contributed by atoms with van der Waals surface area (Å²) in [6.07, 6.45) is -4.31. The van der Waals surface area contributed by atoms with Gasteiger partial charge in [0.2, 0.25) is 0 Å². The van der Waals surface area contributed by atoms with Crippen LogP contribution in [0.4, 0.5) is 13.2 Å². The van der Waals surface area contributed by atoms with Gasteiger partial charge in [-0.1, -0.05) is 35.9 Å². The summed E-state index contributed by atoms with van der Waals surface area (Å²) in [4.78, 5) is 0. The van der Waals surface area contributed by atoms with Gasteiger partial charge in [0.1, 0.15) is 0 Å². The van der Waals surface area contributed by atoms with Crippen molar-refractivity contribution in [2.24, 2.45) is 0 Å². The first-order valence-corrected chi connectivity index (χ1v) is 6.40. The van der Waals surface area contributed by atoms with Gasteiger partial charge in [0.15, 0.2) is 0 Å². The maximum atomic E-state index is 12.5. The van der Waals surface area contributed by atoms with Crippen molar-refractivity contribution in [1.82, 2.24) is 5.32 Å². The molecule has 0 bridgehead atoms. The molecule has 0 aliphatic heterocycles. The van der Waals surface area contributed by atoms with Gasteiger partial charge in [-0.05, 0) is 41.9 Å². The number of rotatable bonds is 3. The van der Waals surface area contributed by atoms with Gasteiger partial charge >= 0.3 is 6.18 Å². The standard InChI is InChI=1S/C15H13ClF3N/c1-20-9-12-3-2-11(8-14(12)16)10-4-6-13(7-5-10)15(17,18)19/h2-8,20H,9H2,1H3. The van der Waals surface area contributed by atoms with Crippen molar-refractivity contribution in [3.05, 3.63) is 58.6 Å². The van der Waals surface area contributed by atoms with E-state index >= 15 is 0 Å². The van der Waals surface area contributed by atoms with E-state index in [0.29, 0.717) is 17.1 Å². The molecule has 2 aromatic rings. The molecule has 0 aliphatic rings. The van der Waals surface area contributed by atoms with Crippen LogP contribution in [0.5, 0.6) is 0 Å². The molecule has 0 radical (unpaired) electrons. The predicted octanol–water partition coefficient (Wildman–Crippen LogP) is 4.75. The van der Waals surface area contributed by atoms with Crippen LogP contribution in [-0.4, -0.2) is 7.05 Å². The molecule has 2 rings (SSSR count). The number of halogens is 4. The quantitative estimate of drug-likeness (QED) is 0.863. The average molecular weight is 300 g/mol. The topological polar surface area (TPSA) is 12.0 Å². The second-order valence-corrected chi connectivity index (χ2v) is 4.82. The summed E-state index contributed by atoms with van der Waals surface area (Å²) in [5.41, 5.74) is 1.79. The summed E-state index contributed by atoms with van der Waals surface area (Å²) in [7, 11) is 1.82. The molecule has 20 heavy (non-hydrogen) atoms. The maximum Gasteiger partial charge on any atom is 0.416 e. The van der Waals surface area contributed by atoms with Gasteiger partial charge in [-0.25, -0.2) is 0 Å². The Morgan fingerprint density at radius 3 is 2.10 bits per heavy atom. The number of alkyl halides is 3. The Hall–Kier alpha value is -1.52. The number of benzene rings is 2. The molecule has 0 aromatic heterocycles. The molecule has 0 aliphatic carbocycles. The highest BCUT2D eigenvalue weighted by Gasteiger charge is 2.29. The SMILES string of the molecule is CNCc1ccc(-c2ccc(C(F)(F)F)cc2)cc1Cl. The summed E-state index contributed by atoms with van der Waals surface area (Å²) in [6, 6.07) is 10.5. The van der Waals surface area contributed by atoms with E-state index in [-0.39, 0.29) is 0 Å². The van der Waals surface area contributed by atoms with E-state index in [1.807, 2.05) is 19.2 Å². The molecule has 1 nitrogen and oxygen atoms in total. The Kier molecular flexibility index (Phi) is 4.35. The van der Waals surface area contributed by atoms with Crippen LogP contribution in [0.2, 0.25) is 5.02 Å². The van der Waals surface area contributed by atoms with Gasteiger partial charge in [-0.15, -0.1) is 0 Å². The Morgan fingerprint density at radius 1 is 1.00 bits per heavy atom. The van der Waals surface area contributed by atoms with E-state index in [1.54, 1.807) is 6.07 Å². The molecule has 0 fully saturated rings. The molecular formula is C15H13ClF3N. The van der Waals surface area contributed by atoms with Crippen molar-refractivity contribution in [3.8, 4) is 11.1 Å². The van der Waals surface area contributed by atoms with E-state index in [4.69, 9.17) is 11.6 Å². The molecule has 0 amide bonds. The third-order valence-corrected chi connectivity index (χ3v) is 3.32. The fraction of sp³-hybridized carbons (Fsp3) is 0.200. The second kappa shape index (κ2) is 5.85. The molecule has 1 N–H and O–H groups in total. The first kappa shape index (κ1) is 14.9. The lowest BCUT2D eigenvalue weighted by Crippen LogP contribution is -2.05. The minimum atomic E-state index is -4.31. The van der Waals surface area contributed by atoms with Gasteiger partial charge in [0.25, 0.3) is 0 Å². The number of nitrogens with one attached hydrogen (secondary N) is 1. The summed E-state index contributed by atoms with van der Waals surface area (Å²) in [5.74, 6) is 0. The van der Waals surface area contributed by atoms with E-state index in [1.165, 1.54) is 12.1 Å². The molecule has 106 valence electrons. The first-order valence-electron chi connectivity index (χ1n) is 6.02. The van der Waals surface area contributed by atoms with Crippen molar-refractivity contribution in [2.45, 2.75) is 12.7 Å². The Morgan fingerprint density at radius 2 is 1.60 bits per heavy atom. The summed E-state index contributed by atoms with van der Waals surface area (Å²) in [6.45, 7) is 0.645. The third kappa shape index (κ3) is 3.32. The fourth-order valence-electron chi connectivity index (χ4n) is 1.91. The zero-order valence-corrected chi connectivity index (χ0v) is 11.5. The van der Waals surface area contributed by atoms with E-state index in [0.717, 1.165) is 23.3 Å². The number of hydrogen-bond acceptors (Lipinski definition) is 1. The van der Waals surface area contributed by atoms with Gasteiger partial charge < -0.3 is 5.32 Å². The van der Waals surface area contributed by atoms with Crippen molar-refractivity contribution >= 4 is 11.6 Å². The summed E-state index contributed by atoms with van der Waals surface area (Å²) < 4.78 is 37.5. The van der Waals surface area contributed by atoms with E-state index < -0.39 is 11.7 Å². The molecule has 0 unspecified atom stereocenters. The van der Waals surface area contributed by atoms with E-state index in [2.05, 4.69) is 5.32 Å². The van der Waals surface area contributed by atoms with Crippen LogP contribution in [0, 0.1) is 0 Å². The van der Waals surface area contributed by atoms with Crippen molar-refractivity contribution in [2.75, 3.05) is 7.05 Å². The lowest BCUT2D eigenvalue weighted by Gasteiger charge is -2.09. The molecule has 0 heterocycles. The normalized spacial score (nSPS) is 11.7. The van der Waals surface area contributed by atoms with Crippen LogP contribution < -0.4 is 5.32 Å². The fourth-order valence-corrected chi connectivity index (χ4v) is 2.16. The van der Waals surface area contributed by atoms with E-state index in [9.17, 15) is 13.2 Å². The van der Waals surface area contributed by atoms with Crippen LogP contribution in [0.25, 0.3) is 11.1 Å². The molecular weight excluding hydrogens is 287 g/mol. The van der Waals surface area contributed by atoms with Gasteiger partial charge in [0.05, 0.1) is 5.56 Å². The second-order valence-electron chi connectivity index (χ2n) is 4.41. The maximum absolute atomic E-state index is 12.5. The molecule has 0 atom stereocenters. The molecule has 2 aromatic carbocycles. The highest BCUT2D eigenvalue weighted by atomic mass is 35.5. The third-order valence-electron chi connectivity index (χ3n) is 2.97.